The van der Waals surface area contributed by atoms with Crippen molar-refractivity contribution in [3.8, 4) is 17.4 Å². The van der Waals surface area contributed by atoms with E-state index in [0.717, 1.165) is 0 Å². The van der Waals surface area contributed by atoms with Crippen molar-refractivity contribution in [2.24, 2.45) is 0 Å². The molecule has 0 saturated heterocycles. The van der Waals surface area contributed by atoms with Crippen LogP contribution in [0.5, 0.6) is 17.4 Å². The van der Waals surface area contributed by atoms with E-state index in [2.05, 4.69) is 25.9 Å². The molecule has 1 aromatic carbocycles. The van der Waals surface area contributed by atoms with Gasteiger partial charge in [-0.05, 0) is 22.0 Å². The third-order valence-electron chi connectivity index (χ3n) is 2.11. The van der Waals surface area contributed by atoms with E-state index in [4.69, 9.17) is 44.3 Å². The molecule has 8 heteroatoms. The molecule has 2 rings (SSSR count). The van der Waals surface area contributed by atoms with Crippen molar-refractivity contribution in [1.82, 2.24) is 9.97 Å². The fraction of sp³-hybridized carbons (Fsp3) is 0.0909. The molecule has 0 bridgehead atoms. The average molecular weight is 384 g/mol. The van der Waals surface area contributed by atoms with Crippen LogP contribution in [0.1, 0.15) is 0 Å². The quantitative estimate of drug-likeness (QED) is 0.552. The molecule has 0 fully saturated rings. The van der Waals surface area contributed by atoms with Gasteiger partial charge in [-0.25, -0.2) is 4.98 Å². The molecule has 4 nitrogen and oxygen atoms in total. The minimum Gasteiger partial charge on any atom is -0.489 e. The number of methoxy groups -OCH3 is 1. The number of halogens is 4. The van der Waals surface area contributed by atoms with Crippen molar-refractivity contribution >= 4 is 50.7 Å². The van der Waals surface area contributed by atoms with E-state index >= 15 is 0 Å². The minimum absolute atomic E-state index is 0.145. The first-order valence-electron chi connectivity index (χ1n) is 4.89. The molecule has 0 aliphatic rings. The second-order valence-corrected chi connectivity index (χ2v) is 5.33. The molecule has 0 N–H and O–H groups in total. The monoisotopic (exact) mass is 382 g/mol. The third-order valence-corrected chi connectivity index (χ3v) is 3.87. The maximum Gasteiger partial charge on any atom is 0.267 e. The predicted octanol–water partition coefficient (Wildman–Crippen LogP) is 5.00. The molecule has 0 aliphatic carbocycles. The molecule has 0 atom stereocenters. The van der Waals surface area contributed by atoms with Crippen LogP contribution in [0.15, 0.2) is 22.9 Å². The van der Waals surface area contributed by atoms with Crippen molar-refractivity contribution in [2.75, 3.05) is 7.11 Å². The topological polar surface area (TPSA) is 44.2 Å². The highest BCUT2D eigenvalue weighted by molar-refractivity contribution is 9.10. The maximum atomic E-state index is 6.06. The van der Waals surface area contributed by atoms with Crippen molar-refractivity contribution in [3.05, 3.63) is 38.1 Å². The van der Waals surface area contributed by atoms with Gasteiger partial charge in [0.1, 0.15) is 12.1 Å². The molecule has 100 valence electrons. The van der Waals surface area contributed by atoms with Gasteiger partial charge >= 0.3 is 0 Å². The summed E-state index contributed by atoms with van der Waals surface area (Å²) in [5, 5.41) is 0.971. The zero-order valence-corrected chi connectivity index (χ0v) is 13.3. The highest BCUT2D eigenvalue weighted by atomic mass is 79.9. The van der Waals surface area contributed by atoms with Crippen LogP contribution in [0.3, 0.4) is 0 Å². The van der Waals surface area contributed by atoms with Gasteiger partial charge in [0.15, 0.2) is 5.15 Å². The first-order valence-corrected chi connectivity index (χ1v) is 6.82. The van der Waals surface area contributed by atoms with Crippen LogP contribution in [0, 0.1) is 0 Å². The Balaban J connectivity index is 2.42. The molecular weight excluding hydrogens is 378 g/mol. The second-order valence-electron chi connectivity index (χ2n) is 3.30. The van der Waals surface area contributed by atoms with Gasteiger partial charge in [0.2, 0.25) is 5.75 Å². The molecule has 1 heterocycles. The van der Waals surface area contributed by atoms with Gasteiger partial charge < -0.3 is 9.47 Å². The fourth-order valence-electron chi connectivity index (χ4n) is 1.27. The summed E-state index contributed by atoms with van der Waals surface area (Å²) >= 11 is 21.2. The Morgan fingerprint density at radius 3 is 2.53 bits per heavy atom. The Hall–Kier alpha value is -0.750. The van der Waals surface area contributed by atoms with Gasteiger partial charge in [0.25, 0.3) is 5.88 Å². The average Bonchev–Trinajstić information content (AvgIpc) is 2.36. The van der Waals surface area contributed by atoms with Crippen LogP contribution < -0.4 is 9.47 Å². The highest BCUT2D eigenvalue weighted by Crippen LogP contribution is 2.39. The first-order chi connectivity index (χ1) is 9.02. The molecule has 0 unspecified atom stereocenters. The van der Waals surface area contributed by atoms with Crippen LogP contribution >= 0.6 is 50.7 Å². The third kappa shape index (κ3) is 3.23. The molecule has 2 aromatic rings. The number of aromatic nitrogens is 2. The molecule has 0 saturated carbocycles. The number of rotatable bonds is 3. The number of hydrogen-bond donors (Lipinski definition) is 0. The van der Waals surface area contributed by atoms with Crippen LogP contribution in [0.4, 0.5) is 0 Å². The minimum atomic E-state index is 0.145. The largest absolute Gasteiger partial charge is 0.489 e. The number of hydrogen-bond acceptors (Lipinski definition) is 4. The molecular formula is C11H6BrCl3N2O2. The van der Waals surface area contributed by atoms with E-state index in [1.54, 1.807) is 12.1 Å². The lowest BCUT2D eigenvalue weighted by Crippen LogP contribution is -1.96. The lowest BCUT2D eigenvalue weighted by Gasteiger charge is -2.11. The highest BCUT2D eigenvalue weighted by Gasteiger charge is 2.15. The van der Waals surface area contributed by atoms with Gasteiger partial charge in [-0.2, -0.15) is 4.98 Å². The molecule has 19 heavy (non-hydrogen) atoms. The summed E-state index contributed by atoms with van der Waals surface area (Å²) in [6, 6.07) is 3.18. The maximum absolute atomic E-state index is 6.06. The van der Waals surface area contributed by atoms with Crippen LogP contribution in [-0.2, 0) is 0 Å². The van der Waals surface area contributed by atoms with Crippen molar-refractivity contribution in [1.29, 1.82) is 0 Å². The van der Waals surface area contributed by atoms with E-state index in [-0.39, 0.29) is 16.8 Å². The van der Waals surface area contributed by atoms with Gasteiger partial charge in [-0.1, -0.05) is 34.8 Å². The number of nitrogens with zero attached hydrogens (tertiary/aromatic N) is 2. The van der Waals surface area contributed by atoms with E-state index in [9.17, 15) is 0 Å². The standard InChI is InChI=1S/C11H6BrCl3N2O2/c1-18-9-10(15)16-4-17-11(9)19-8-3-6(13)5(12)2-7(8)14/h2-4H,1H3. The Bertz CT molecular complexity index is 625. The van der Waals surface area contributed by atoms with Crippen LogP contribution in [0.25, 0.3) is 0 Å². The second kappa shape index (κ2) is 6.13. The number of ether oxygens (including phenoxy) is 2. The van der Waals surface area contributed by atoms with E-state index in [1.165, 1.54) is 13.4 Å². The zero-order chi connectivity index (χ0) is 14.0. The summed E-state index contributed by atoms with van der Waals surface area (Å²) in [6.07, 6.45) is 1.26. The normalized spacial score (nSPS) is 10.4. The van der Waals surface area contributed by atoms with Gasteiger partial charge in [-0.15, -0.1) is 0 Å². The van der Waals surface area contributed by atoms with E-state index in [0.29, 0.717) is 20.3 Å². The molecule has 0 spiro atoms. The van der Waals surface area contributed by atoms with Crippen molar-refractivity contribution in [2.45, 2.75) is 0 Å². The fourth-order valence-corrected chi connectivity index (χ4v) is 2.30. The van der Waals surface area contributed by atoms with Crippen LogP contribution in [0.2, 0.25) is 15.2 Å². The van der Waals surface area contributed by atoms with Crippen molar-refractivity contribution < 1.29 is 9.47 Å². The summed E-state index contributed by atoms with van der Waals surface area (Å²) in [4.78, 5) is 7.73. The summed E-state index contributed by atoms with van der Waals surface area (Å²) in [6.45, 7) is 0. The lowest BCUT2D eigenvalue weighted by atomic mass is 10.3. The Labute approximate surface area is 132 Å². The summed E-state index contributed by atoms with van der Waals surface area (Å²) in [5.74, 6) is 0.713. The van der Waals surface area contributed by atoms with Gasteiger partial charge in [-0.3, -0.25) is 0 Å². The van der Waals surface area contributed by atoms with Gasteiger partial charge in [0.05, 0.1) is 17.2 Å². The molecule has 0 radical (unpaired) electrons. The van der Waals surface area contributed by atoms with Gasteiger partial charge in [0, 0.05) is 10.5 Å². The van der Waals surface area contributed by atoms with E-state index < -0.39 is 0 Å². The molecule has 0 amide bonds. The van der Waals surface area contributed by atoms with E-state index in [1.807, 2.05) is 0 Å². The predicted molar refractivity (Wildman–Crippen MR) is 77.8 cm³/mol. The SMILES string of the molecule is COc1c(Cl)ncnc1Oc1cc(Cl)c(Br)cc1Cl. The zero-order valence-electron chi connectivity index (χ0n) is 9.45. The Kier molecular flexibility index (Phi) is 4.73. The number of benzene rings is 1. The first kappa shape index (κ1) is 14.7. The molecule has 0 aliphatic heterocycles. The van der Waals surface area contributed by atoms with Crippen LogP contribution in [-0.4, -0.2) is 17.1 Å². The smallest absolute Gasteiger partial charge is 0.267 e. The summed E-state index contributed by atoms with van der Waals surface area (Å²) < 4.78 is 11.3. The molecule has 1 aromatic heterocycles. The summed E-state index contributed by atoms with van der Waals surface area (Å²) in [7, 11) is 1.44. The lowest BCUT2D eigenvalue weighted by molar-refractivity contribution is 0.367. The summed E-state index contributed by atoms with van der Waals surface area (Å²) in [5.41, 5.74) is 0. The Morgan fingerprint density at radius 2 is 1.84 bits per heavy atom. The Morgan fingerprint density at radius 1 is 1.11 bits per heavy atom. The van der Waals surface area contributed by atoms with Crippen molar-refractivity contribution in [3.63, 3.8) is 0 Å².